The Morgan fingerprint density at radius 2 is 1.80 bits per heavy atom. The molecule has 0 saturated heterocycles. The molecule has 3 aromatic carbocycles. The lowest BCUT2D eigenvalue weighted by atomic mass is 9.83. The number of esters is 1. The van der Waals surface area contributed by atoms with Crippen LogP contribution in [-0.4, -0.2) is 26.3 Å². The number of unbranched alkanes of at least 4 members (excludes halogenated alkanes) is 4. The summed E-state index contributed by atoms with van der Waals surface area (Å²) >= 11 is 6.07. The zero-order valence-corrected chi connectivity index (χ0v) is 23.9. The van der Waals surface area contributed by atoms with Crippen LogP contribution in [0.4, 0.5) is 0 Å². The van der Waals surface area contributed by atoms with Crippen molar-refractivity contribution in [2.45, 2.75) is 44.9 Å². The van der Waals surface area contributed by atoms with Gasteiger partial charge in [-0.15, -0.1) is 0 Å². The number of ether oxygens (including phenoxy) is 5. The summed E-state index contributed by atoms with van der Waals surface area (Å²) in [5, 5.41) is 10.3. The normalized spacial score (nSPS) is 14.0. The number of methoxy groups -OCH3 is 1. The molecule has 0 saturated carbocycles. The minimum absolute atomic E-state index is 0.0260. The van der Waals surface area contributed by atoms with Gasteiger partial charge in [0.1, 0.15) is 28.9 Å². The Morgan fingerprint density at radius 3 is 2.56 bits per heavy atom. The second-order valence-corrected chi connectivity index (χ2v) is 9.90. The quantitative estimate of drug-likeness (QED) is 0.133. The first kappa shape index (κ1) is 29.6. The summed E-state index contributed by atoms with van der Waals surface area (Å²) < 4.78 is 28.3. The summed E-state index contributed by atoms with van der Waals surface area (Å²) in [7, 11) is 1.58. The van der Waals surface area contributed by atoms with Gasteiger partial charge in [0.15, 0.2) is 18.1 Å². The highest BCUT2D eigenvalue weighted by Crippen LogP contribution is 2.45. The minimum Gasteiger partial charge on any atom is -0.493 e. The fourth-order valence-electron chi connectivity index (χ4n) is 4.57. The predicted molar refractivity (Wildman–Crippen MR) is 156 cm³/mol. The van der Waals surface area contributed by atoms with E-state index in [4.69, 9.17) is 41.0 Å². The highest BCUT2D eigenvalue weighted by Gasteiger charge is 2.32. The molecule has 0 fully saturated rings. The molecule has 0 aliphatic carbocycles. The van der Waals surface area contributed by atoms with Gasteiger partial charge in [0.05, 0.1) is 24.7 Å². The van der Waals surface area contributed by atoms with Gasteiger partial charge >= 0.3 is 5.97 Å². The average molecular weight is 577 g/mol. The maximum atomic E-state index is 12.4. The zero-order valence-electron chi connectivity index (χ0n) is 23.2. The molecule has 1 aliphatic rings. The van der Waals surface area contributed by atoms with E-state index in [0.29, 0.717) is 40.2 Å². The van der Waals surface area contributed by atoms with E-state index in [0.717, 1.165) is 18.4 Å². The average Bonchev–Trinajstić information content (AvgIpc) is 2.97. The monoisotopic (exact) mass is 576 g/mol. The van der Waals surface area contributed by atoms with Gasteiger partial charge in [-0.25, -0.2) is 4.79 Å². The van der Waals surface area contributed by atoms with Gasteiger partial charge in [-0.1, -0.05) is 68.5 Å². The molecule has 0 radical (unpaired) electrons. The molecule has 4 rings (SSSR count). The van der Waals surface area contributed by atoms with Gasteiger partial charge in [0.2, 0.25) is 5.88 Å². The van der Waals surface area contributed by atoms with Crippen LogP contribution < -0.4 is 29.4 Å². The molecular weight excluding hydrogens is 544 g/mol. The number of allylic oxidation sites excluding steroid dienone is 1. The van der Waals surface area contributed by atoms with Crippen LogP contribution in [0.25, 0.3) is 0 Å². The number of rotatable bonds is 13. The van der Waals surface area contributed by atoms with Crippen molar-refractivity contribution in [3.05, 3.63) is 88.3 Å². The number of halogens is 1. The topological polar surface area (TPSA) is 113 Å². The van der Waals surface area contributed by atoms with Crippen molar-refractivity contribution >= 4 is 17.6 Å². The number of fused-ring (bicyclic) bond motifs is 1. The smallest absolute Gasteiger partial charge is 0.349 e. The minimum atomic E-state index is -0.621. The fourth-order valence-corrected chi connectivity index (χ4v) is 4.76. The highest BCUT2D eigenvalue weighted by molar-refractivity contribution is 6.32. The van der Waals surface area contributed by atoms with E-state index in [9.17, 15) is 10.1 Å². The van der Waals surface area contributed by atoms with Crippen molar-refractivity contribution in [1.29, 1.82) is 5.26 Å². The molecule has 0 amide bonds. The van der Waals surface area contributed by atoms with Gasteiger partial charge in [0, 0.05) is 11.6 Å². The lowest BCUT2D eigenvalue weighted by Gasteiger charge is -2.27. The Kier molecular flexibility index (Phi) is 10.4. The standard InChI is InChI=1S/C32H33ClN2O6/c1-3-4-5-6-9-16-38-27-15-12-21(17-29(27)37-2)31-23-14-13-22(18-28(23)41-32(35)24(31)19-34)40-30(36)20-39-26-11-8-7-10-25(26)33/h7-8,10-15,17-18,31H,3-6,9,16,20,35H2,1-2H3. The lowest BCUT2D eigenvalue weighted by molar-refractivity contribution is -0.136. The Balaban J connectivity index is 1.50. The molecule has 214 valence electrons. The van der Waals surface area contributed by atoms with Crippen molar-refractivity contribution < 1.29 is 28.5 Å². The van der Waals surface area contributed by atoms with Crippen molar-refractivity contribution in [3.63, 3.8) is 0 Å². The molecule has 41 heavy (non-hydrogen) atoms. The van der Waals surface area contributed by atoms with Gasteiger partial charge in [-0.2, -0.15) is 5.26 Å². The maximum absolute atomic E-state index is 12.4. The third-order valence-corrected chi connectivity index (χ3v) is 6.94. The van der Waals surface area contributed by atoms with Crippen LogP contribution >= 0.6 is 11.6 Å². The maximum Gasteiger partial charge on any atom is 0.349 e. The van der Waals surface area contributed by atoms with Crippen LogP contribution in [0.2, 0.25) is 5.02 Å². The van der Waals surface area contributed by atoms with Crippen LogP contribution in [0.5, 0.6) is 28.7 Å². The van der Waals surface area contributed by atoms with Gasteiger partial charge in [-0.05, 0) is 42.3 Å². The summed E-state index contributed by atoms with van der Waals surface area (Å²) in [5.74, 6) is 1.02. The Labute approximate surface area is 245 Å². The van der Waals surface area contributed by atoms with Crippen molar-refractivity contribution in [2.75, 3.05) is 20.3 Å². The van der Waals surface area contributed by atoms with Crippen LogP contribution in [0, 0.1) is 11.3 Å². The third-order valence-electron chi connectivity index (χ3n) is 6.63. The van der Waals surface area contributed by atoms with Crippen LogP contribution in [-0.2, 0) is 4.79 Å². The SMILES string of the molecule is CCCCCCCOc1ccc(C2C(C#N)=C(N)Oc3cc(OC(=O)COc4ccccc4Cl)ccc32)cc1OC. The largest absolute Gasteiger partial charge is 0.493 e. The molecule has 8 nitrogen and oxygen atoms in total. The summed E-state index contributed by atoms with van der Waals surface area (Å²) in [4.78, 5) is 12.4. The molecule has 0 spiro atoms. The number of hydrogen-bond donors (Lipinski definition) is 1. The number of para-hydroxylation sites is 1. The number of nitrogens with zero attached hydrogens (tertiary/aromatic N) is 1. The van der Waals surface area contributed by atoms with E-state index >= 15 is 0 Å². The second kappa shape index (κ2) is 14.3. The summed E-state index contributed by atoms with van der Waals surface area (Å²) in [6, 6.07) is 19.5. The molecular formula is C32H33ClN2O6. The highest BCUT2D eigenvalue weighted by atomic mass is 35.5. The molecule has 1 unspecified atom stereocenters. The number of nitriles is 1. The Bertz CT molecular complexity index is 1450. The zero-order chi connectivity index (χ0) is 29.2. The number of carbonyl (C=O) groups excluding carboxylic acids is 1. The summed E-state index contributed by atoms with van der Waals surface area (Å²) in [5.41, 5.74) is 7.90. The first-order valence-corrected chi connectivity index (χ1v) is 13.9. The lowest BCUT2D eigenvalue weighted by Crippen LogP contribution is -2.22. The third kappa shape index (κ3) is 7.44. The molecule has 1 atom stereocenters. The number of hydrogen-bond acceptors (Lipinski definition) is 8. The van der Waals surface area contributed by atoms with Crippen molar-refractivity contribution in [1.82, 2.24) is 0 Å². The van der Waals surface area contributed by atoms with Crippen LogP contribution in [0.1, 0.15) is 56.1 Å². The molecule has 0 aromatic heterocycles. The molecule has 1 heterocycles. The van der Waals surface area contributed by atoms with E-state index in [1.54, 1.807) is 49.6 Å². The van der Waals surface area contributed by atoms with Crippen molar-refractivity contribution in [3.8, 4) is 34.8 Å². The van der Waals surface area contributed by atoms with Crippen LogP contribution in [0.3, 0.4) is 0 Å². The molecule has 0 bridgehead atoms. The van der Waals surface area contributed by atoms with Crippen molar-refractivity contribution in [2.24, 2.45) is 5.73 Å². The summed E-state index contributed by atoms with van der Waals surface area (Å²) in [6.45, 7) is 2.45. The molecule has 2 N–H and O–H groups in total. The molecule has 1 aliphatic heterocycles. The summed E-state index contributed by atoms with van der Waals surface area (Å²) in [6.07, 6.45) is 5.70. The van der Waals surface area contributed by atoms with E-state index in [-0.39, 0.29) is 23.8 Å². The van der Waals surface area contributed by atoms with Gasteiger partial charge in [0.25, 0.3) is 0 Å². The fraction of sp³-hybridized carbons (Fsp3) is 0.312. The van der Waals surface area contributed by atoms with Gasteiger partial charge in [-0.3, -0.25) is 0 Å². The molecule has 3 aromatic rings. The van der Waals surface area contributed by atoms with E-state index < -0.39 is 11.9 Å². The Morgan fingerprint density at radius 1 is 1.00 bits per heavy atom. The first-order chi connectivity index (χ1) is 19.9. The predicted octanol–water partition coefficient (Wildman–Crippen LogP) is 6.90. The second-order valence-electron chi connectivity index (χ2n) is 9.49. The number of benzene rings is 3. The van der Waals surface area contributed by atoms with E-state index in [1.165, 1.54) is 19.3 Å². The van der Waals surface area contributed by atoms with Crippen LogP contribution in [0.15, 0.2) is 72.1 Å². The number of carbonyl (C=O) groups is 1. The Hall–Kier alpha value is -4.35. The van der Waals surface area contributed by atoms with E-state index in [2.05, 4.69) is 13.0 Å². The van der Waals surface area contributed by atoms with Gasteiger partial charge < -0.3 is 29.4 Å². The van der Waals surface area contributed by atoms with E-state index in [1.807, 2.05) is 18.2 Å². The molecule has 9 heteroatoms. The number of nitrogens with two attached hydrogens (primary N) is 1. The first-order valence-electron chi connectivity index (χ1n) is 13.5.